The van der Waals surface area contributed by atoms with E-state index in [0.29, 0.717) is 13.1 Å². The predicted octanol–water partition coefficient (Wildman–Crippen LogP) is 3.15. The number of rotatable bonds is 1. The van der Waals surface area contributed by atoms with E-state index in [1.165, 1.54) is 0 Å². The van der Waals surface area contributed by atoms with Gasteiger partial charge in [0.05, 0.1) is 22.2 Å². The number of hydrogen-bond acceptors (Lipinski definition) is 5. The number of aromatic nitrogens is 1. The van der Waals surface area contributed by atoms with Crippen LogP contribution in [-0.4, -0.2) is 24.0 Å². The molecule has 2 aromatic carbocycles. The molecule has 0 radical (unpaired) electrons. The molecule has 1 aromatic heterocycles. The lowest BCUT2D eigenvalue weighted by atomic mass is 9.74. The fourth-order valence-corrected chi connectivity index (χ4v) is 4.96. The largest absolute Gasteiger partial charge is 0.345 e. The Morgan fingerprint density at radius 3 is 2.88 bits per heavy atom. The predicted molar refractivity (Wildman–Crippen MR) is 97.7 cm³/mol. The molecule has 3 aromatic rings. The molecule has 5 rings (SSSR count). The zero-order valence-electron chi connectivity index (χ0n) is 13.3. The normalized spacial score (nSPS) is 24.5. The fourth-order valence-electron chi connectivity index (χ4n) is 3.98. The Morgan fingerprint density at radius 2 is 2.04 bits per heavy atom. The third-order valence-electron chi connectivity index (χ3n) is 5.21. The van der Waals surface area contributed by atoms with Gasteiger partial charge >= 0.3 is 0 Å². The third-order valence-corrected chi connectivity index (χ3v) is 6.31. The minimum atomic E-state index is -0.816. The number of nitriles is 1. The minimum Gasteiger partial charge on any atom is -0.345 e. The van der Waals surface area contributed by atoms with Crippen molar-refractivity contribution in [3.05, 3.63) is 54.1 Å². The summed E-state index contributed by atoms with van der Waals surface area (Å²) >= 11 is 1.61. The van der Waals surface area contributed by atoms with E-state index in [1.54, 1.807) is 11.3 Å². The number of carbonyl (C=O) groups is 1. The van der Waals surface area contributed by atoms with E-state index < -0.39 is 11.3 Å². The number of nitrogens with zero attached hydrogens (tertiary/aromatic N) is 3. The van der Waals surface area contributed by atoms with Crippen LogP contribution < -0.4 is 10.2 Å². The quantitative estimate of drug-likeness (QED) is 0.735. The average Bonchev–Trinajstić information content (AvgIpc) is 3.30. The fraction of sp³-hybridized carbons (Fsp3) is 0.211. The van der Waals surface area contributed by atoms with Crippen molar-refractivity contribution in [1.29, 1.82) is 5.26 Å². The molecular formula is C19H14N4OS. The van der Waals surface area contributed by atoms with Crippen LogP contribution in [0.2, 0.25) is 0 Å². The Labute approximate surface area is 148 Å². The molecule has 1 N–H and O–H groups in total. The van der Waals surface area contributed by atoms with E-state index in [-0.39, 0.29) is 5.91 Å². The first-order valence-corrected chi connectivity index (χ1v) is 8.95. The molecule has 122 valence electrons. The van der Waals surface area contributed by atoms with Crippen molar-refractivity contribution < 1.29 is 4.79 Å². The minimum absolute atomic E-state index is 0.0798. The van der Waals surface area contributed by atoms with Gasteiger partial charge in [-0.25, -0.2) is 4.98 Å². The SMILES string of the molecule is N#C[C@@H]1CN(c2nc3ccccc3s2)C[C@]12C(=O)Nc1ccccc12. The molecular weight excluding hydrogens is 332 g/mol. The number of amides is 1. The second-order valence-electron chi connectivity index (χ2n) is 6.50. The zero-order valence-corrected chi connectivity index (χ0v) is 14.1. The number of hydrogen-bond donors (Lipinski definition) is 1. The maximum absolute atomic E-state index is 12.9. The van der Waals surface area contributed by atoms with E-state index >= 15 is 0 Å². The highest BCUT2D eigenvalue weighted by Gasteiger charge is 2.58. The van der Waals surface area contributed by atoms with Crippen molar-refractivity contribution in [2.24, 2.45) is 5.92 Å². The number of nitrogens with one attached hydrogen (secondary N) is 1. The number of fused-ring (bicyclic) bond motifs is 3. The van der Waals surface area contributed by atoms with Crippen LogP contribution in [0.3, 0.4) is 0 Å². The summed E-state index contributed by atoms with van der Waals surface area (Å²) in [6.07, 6.45) is 0. The number of carbonyl (C=O) groups excluding carboxylic acids is 1. The molecule has 1 saturated heterocycles. The summed E-state index contributed by atoms with van der Waals surface area (Å²) in [5.41, 5.74) is 1.88. The van der Waals surface area contributed by atoms with Gasteiger partial charge in [-0.1, -0.05) is 41.7 Å². The molecule has 3 heterocycles. The summed E-state index contributed by atoms with van der Waals surface area (Å²) in [5.74, 6) is -0.480. The van der Waals surface area contributed by atoms with E-state index in [9.17, 15) is 10.1 Å². The van der Waals surface area contributed by atoms with Gasteiger partial charge in [0, 0.05) is 18.8 Å². The molecule has 1 fully saturated rings. The summed E-state index contributed by atoms with van der Waals surface area (Å²) in [5, 5.41) is 13.6. The van der Waals surface area contributed by atoms with Crippen molar-refractivity contribution in [3.63, 3.8) is 0 Å². The first-order valence-electron chi connectivity index (χ1n) is 8.13. The Morgan fingerprint density at radius 1 is 1.24 bits per heavy atom. The zero-order chi connectivity index (χ0) is 17.0. The van der Waals surface area contributed by atoms with Gasteiger partial charge in [-0.3, -0.25) is 4.79 Å². The van der Waals surface area contributed by atoms with Crippen molar-refractivity contribution in [2.75, 3.05) is 23.3 Å². The first-order chi connectivity index (χ1) is 12.2. The standard InChI is InChI=1S/C19H14N4OS/c20-9-12-10-23(18-22-15-7-3-4-8-16(15)25-18)11-19(12)13-5-1-2-6-14(13)21-17(19)24/h1-8,12H,10-11H2,(H,21,24)/t12-,19+/m1/s1. The lowest BCUT2D eigenvalue weighted by Crippen LogP contribution is -2.41. The molecule has 0 bridgehead atoms. The van der Waals surface area contributed by atoms with Crippen LogP contribution in [0.5, 0.6) is 0 Å². The van der Waals surface area contributed by atoms with Crippen LogP contribution in [0.1, 0.15) is 5.56 Å². The highest BCUT2D eigenvalue weighted by atomic mass is 32.1. The van der Waals surface area contributed by atoms with E-state index in [2.05, 4.69) is 16.3 Å². The van der Waals surface area contributed by atoms with E-state index in [4.69, 9.17) is 4.98 Å². The number of benzene rings is 2. The van der Waals surface area contributed by atoms with Gasteiger partial charge in [-0.2, -0.15) is 5.26 Å². The summed E-state index contributed by atoms with van der Waals surface area (Å²) in [6, 6.07) is 18.1. The van der Waals surface area contributed by atoms with Crippen LogP contribution in [0.15, 0.2) is 48.5 Å². The summed E-state index contributed by atoms with van der Waals surface area (Å²) in [7, 11) is 0. The van der Waals surface area contributed by atoms with E-state index in [1.807, 2.05) is 48.5 Å². The maximum Gasteiger partial charge on any atom is 0.238 e. The Hall–Kier alpha value is -2.91. The highest BCUT2D eigenvalue weighted by molar-refractivity contribution is 7.22. The monoisotopic (exact) mass is 346 g/mol. The second kappa shape index (κ2) is 5.04. The molecule has 2 aliphatic heterocycles. The maximum atomic E-state index is 12.9. The number of thiazole rings is 1. The molecule has 1 spiro atoms. The Balaban J connectivity index is 1.61. The summed E-state index contributed by atoms with van der Waals surface area (Å²) in [4.78, 5) is 19.7. The molecule has 1 amide bonds. The Kier molecular flexibility index (Phi) is 2.91. The third kappa shape index (κ3) is 1.87. The topological polar surface area (TPSA) is 69.0 Å². The summed E-state index contributed by atoms with van der Waals surface area (Å²) in [6.45, 7) is 0.992. The molecule has 6 heteroatoms. The van der Waals surface area contributed by atoms with Crippen molar-refractivity contribution in [3.8, 4) is 6.07 Å². The van der Waals surface area contributed by atoms with Crippen molar-refractivity contribution in [1.82, 2.24) is 4.98 Å². The molecule has 5 nitrogen and oxygen atoms in total. The second-order valence-corrected chi connectivity index (χ2v) is 7.51. The van der Waals surface area contributed by atoms with Crippen LogP contribution in [-0.2, 0) is 10.2 Å². The van der Waals surface area contributed by atoms with Gasteiger partial charge in [0.1, 0.15) is 5.41 Å². The molecule has 2 aliphatic rings. The lowest BCUT2D eigenvalue weighted by molar-refractivity contribution is -0.120. The van der Waals surface area contributed by atoms with Crippen LogP contribution in [0.4, 0.5) is 10.8 Å². The lowest BCUT2D eigenvalue weighted by Gasteiger charge is -2.24. The summed E-state index contributed by atoms with van der Waals surface area (Å²) < 4.78 is 1.11. The number of para-hydroxylation sites is 2. The Bertz CT molecular complexity index is 1020. The van der Waals surface area contributed by atoms with E-state index in [0.717, 1.165) is 26.6 Å². The van der Waals surface area contributed by atoms with Crippen LogP contribution in [0, 0.1) is 17.2 Å². The highest BCUT2D eigenvalue weighted by Crippen LogP contribution is 2.48. The van der Waals surface area contributed by atoms with Crippen molar-refractivity contribution >= 4 is 38.3 Å². The van der Waals surface area contributed by atoms with Gasteiger partial charge in [-0.15, -0.1) is 0 Å². The molecule has 0 saturated carbocycles. The molecule has 2 atom stereocenters. The molecule has 0 aliphatic carbocycles. The smallest absolute Gasteiger partial charge is 0.238 e. The molecule has 0 unspecified atom stereocenters. The number of anilines is 2. The van der Waals surface area contributed by atoms with Gasteiger partial charge in [0.25, 0.3) is 0 Å². The van der Waals surface area contributed by atoms with Gasteiger partial charge in [-0.05, 0) is 23.8 Å². The van der Waals surface area contributed by atoms with Gasteiger partial charge in [0.15, 0.2) is 5.13 Å². The average molecular weight is 346 g/mol. The molecule has 25 heavy (non-hydrogen) atoms. The first kappa shape index (κ1) is 14.4. The van der Waals surface area contributed by atoms with Crippen molar-refractivity contribution in [2.45, 2.75) is 5.41 Å². The van der Waals surface area contributed by atoms with Gasteiger partial charge in [0.2, 0.25) is 5.91 Å². The van der Waals surface area contributed by atoms with Crippen LogP contribution >= 0.6 is 11.3 Å². The van der Waals surface area contributed by atoms with Gasteiger partial charge < -0.3 is 10.2 Å². The van der Waals surface area contributed by atoms with Crippen LogP contribution in [0.25, 0.3) is 10.2 Å².